The third-order valence-electron chi connectivity index (χ3n) is 5.21. The maximum absolute atomic E-state index is 12.1. The number of methoxy groups -OCH3 is 2. The quantitative estimate of drug-likeness (QED) is 0.754. The van der Waals surface area contributed by atoms with Crippen LogP contribution in [0.25, 0.3) is 0 Å². The normalized spacial score (nSPS) is 22.4. The molecular formula is C20H29NO5. The Balaban J connectivity index is 1.80. The van der Waals surface area contributed by atoms with Gasteiger partial charge in [0.05, 0.1) is 20.6 Å². The molecule has 1 N–H and O–H groups in total. The summed E-state index contributed by atoms with van der Waals surface area (Å²) in [5, 5.41) is 3.00. The Hall–Kier alpha value is -2.24. The van der Waals surface area contributed by atoms with Crippen LogP contribution in [0.2, 0.25) is 0 Å². The summed E-state index contributed by atoms with van der Waals surface area (Å²) >= 11 is 0. The van der Waals surface area contributed by atoms with E-state index in [1.807, 2.05) is 0 Å². The topological polar surface area (TPSA) is 73.9 Å². The summed E-state index contributed by atoms with van der Waals surface area (Å²) in [6, 6.07) is 5.40. The molecular weight excluding hydrogens is 334 g/mol. The van der Waals surface area contributed by atoms with E-state index < -0.39 is 5.97 Å². The van der Waals surface area contributed by atoms with Crippen molar-refractivity contribution >= 4 is 11.9 Å². The van der Waals surface area contributed by atoms with Crippen LogP contribution in [0.3, 0.4) is 0 Å². The van der Waals surface area contributed by atoms with Crippen LogP contribution >= 0.6 is 0 Å². The average molecular weight is 363 g/mol. The maximum Gasteiger partial charge on any atom is 0.310 e. The zero-order chi connectivity index (χ0) is 19.1. The van der Waals surface area contributed by atoms with Crippen molar-refractivity contribution in [2.24, 2.45) is 11.8 Å². The lowest BCUT2D eigenvalue weighted by atomic mass is 9.78. The molecule has 6 heteroatoms. The van der Waals surface area contributed by atoms with E-state index in [9.17, 15) is 9.59 Å². The number of carbonyl (C=O) groups excluding carboxylic acids is 2. The number of rotatable bonds is 7. The second-order valence-corrected chi connectivity index (χ2v) is 6.97. The Kier molecular flexibility index (Phi) is 7.30. The van der Waals surface area contributed by atoms with Gasteiger partial charge in [-0.3, -0.25) is 9.59 Å². The number of esters is 1. The first kappa shape index (κ1) is 20.1. The fraction of sp³-hybridized carbons (Fsp3) is 0.600. The van der Waals surface area contributed by atoms with Gasteiger partial charge in [-0.05, 0) is 36.0 Å². The first-order chi connectivity index (χ1) is 12.4. The van der Waals surface area contributed by atoms with Crippen molar-refractivity contribution in [2.45, 2.75) is 45.6 Å². The fourth-order valence-electron chi connectivity index (χ4n) is 3.39. The molecule has 2 rings (SSSR count). The van der Waals surface area contributed by atoms with Gasteiger partial charge in [0.15, 0.2) is 18.1 Å². The van der Waals surface area contributed by atoms with Gasteiger partial charge in [0.1, 0.15) is 0 Å². The molecule has 6 nitrogen and oxygen atoms in total. The van der Waals surface area contributed by atoms with Crippen LogP contribution in [0.15, 0.2) is 18.2 Å². The standard InChI is InChI=1S/C20H29NO5/c1-13-6-5-7-16(14(13)2)21-19(22)12-26-20(23)11-15-8-9-17(24-3)18(10-15)25-4/h8-10,13-14,16H,5-7,11-12H2,1-4H3,(H,21,22)/t13-,14+,16+/m1/s1. The van der Waals surface area contributed by atoms with Crippen LogP contribution < -0.4 is 14.8 Å². The molecule has 0 bridgehead atoms. The van der Waals surface area contributed by atoms with Crippen molar-refractivity contribution in [1.29, 1.82) is 0 Å². The van der Waals surface area contributed by atoms with Gasteiger partial charge in [-0.25, -0.2) is 0 Å². The van der Waals surface area contributed by atoms with E-state index in [0.717, 1.165) is 18.4 Å². The highest BCUT2D eigenvalue weighted by molar-refractivity contribution is 5.81. The predicted octanol–water partition coefficient (Wildman–Crippen LogP) is 2.73. The molecule has 26 heavy (non-hydrogen) atoms. The third-order valence-corrected chi connectivity index (χ3v) is 5.21. The van der Waals surface area contributed by atoms with Crippen molar-refractivity contribution in [3.63, 3.8) is 0 Å². The smallest absolute Gasteiger partial charge is 0.310 e. The van der Waals surface area contributed by atoms with Crippen molar-refractivity contribution in [3.05, 3.63) is 23.8 Å². The first-order valence-corrected chi connectivity index (χ1v) is 9.10. The van der Waals surface area contributed by atoms with E-state index in [1.54, 1.807) is 25.3 Å². The average Bonchev–Trinajstić information content (AvgIpc) is 2.63. The van der Waals surface area contributed by atoms with E-state index in [1.165, 1.54) is 13.5 Å². The summed E-state index contributed by atoms with van der Waals surface area (Å²) in [4.78, 5) is 24.1. The molecule has 1 aliphatic carbocycles. The molecule has 3 atom stereocenters. The minimum Gasteiger partial charge on any atom is -0.493 e. The molecule has 0 radical (unpaired) electrons. The fourth-order valence-corrected chi connectivity index (χ4v) is 3.39. The van der Waals surface area contributed by atoms with Gasteiger partial charge < -0.3 is 19.5 Å². The number of carbonyl (C=O) groups is 2. The highest BCUT2D eigenvalue weighted by Crippen LogP contribution is 2.29. The van der Waals surface area contributed by atoms with Gasteiger partial charge in [-0.15, -0.1) is 0 Å². The molecule has 0 unspecified atom stereocenters. The Labute approximate surface area is 155 Å². The van der Waals surface area contributed by atoms with E-state index in [0.29, 0.717) is 23.3 Å². The van der Waals surface area contributed by atoms with Crippen molar-refractivity contribution in [3.8, 4) is 11.5 Å². The lowest BCUT2D eigenvalue weighted by Gasteiger charge is -2.34. The zero-order valence-corrected chi connectivity index (χ0v) is 16.0. The molecule has 1 amide bonds. The number of benzene rings is 1. The summed E-state index contributed by atoms with van der Waals surface area (Å²) < 4.78 is 15.5. The number of hydrogen-bond donors (Lipinski definition) is 1. The SMILES string of the molecule is COc1ccc(CC(=O)OCC(=O)N[C@H]2CCC[C@@H](C)[C@@H]2C)cc1OC. The zero-order valence-electron chi connectivity index (χ0n) is 16.0. The second kappa shape index (κ2) is 9.46. The lowest BCUT2D eigenvalue weighted by Crippen LogP contribution is -2.45. The summed E-state index contributed by atoms with van der Waals surface area (Å²) in [5.41, 5.74) is 0.739. The van der Waals surface area contributed by atoms with Gasteiger partial charge >= 0.3 is 5.97 Å². The summed E-state index contributed by atoms with van der Waals surface area (Å²) in [6.45, 7) is 4.13. The van der Waals surface area contributed by atoms with Gasteiger partial charge in [0.25, 0.3) is 5.91 Å². The molecule has 0 aromatic heterocycles. The summed E-state index contributed by atoms with van der Waals surface area (Å²) in [6.07, 6.45) is 3.38. The van der Waals surface area contributed by atoms with E-state index in [-0.39, 0.29) is 25.0 Å². The molecule has 1 fully saturated rings. The Morgan fingerprint density at radius 1 is 1.12 bits per heavy atom. The number of hydrogen-bond acceptors (Lipinski definition) is 5. The lowest BCUT2D eigenvalue weighted by molar-refractivity contribution is -0.148. The summed E-state index contributed by atoms with van der Waals surface area (Å²) in [7, 11) is 3.09. The molecule has 0 heterocycles. The van der Waals surface area contributed by atoms with E-state index in [2.05, 4.69) is 19.2 Å². The molecule has 1 aromatic rings. The van der Waals surface area contributed by atoms with Crippen molar-refractivity contribution < 1.29 is 23.8 Å². The first-order valence-electron chi connectivity index (χ1n) is 9.10. The van der Waals surface area contributed by atoms with Gasteiger partial charge in [-0.1, -0.05) is 32.8 Å². The van der Waals surface area contributed by atoms with Crippen molar-refractivity contribution in [2.75, 3.05) is 20.8 Å². The molecule has 0 aliphatic heterocycles. The van der Waals surface area contributed by atoms with Gasteiger partial charge in [0, 0.05) is 6.04 Å². The maximum atomic E-state index is 12.1. The van der Waals surface area contributed by atoms with Crippen LogP contribution in [0.4, 0.5) is 0 Å². The Morgan fingerprint density at radius 2 is 1.85 bits per heavy atom. The molecule has 0 saturated heterocycles. The number of nitrogens with one attached hydrogen (secondary N) is 1. The molecule has 1 saturated carbocycles. The number of amides is 1. The van der Waals surface area contributed by atoms with Crippen LogP contribution in [-0.4, -0.2) is 38.7 Å². The number of ether oxygens (including phenoxy) is 3. The van der Waals surface area contributed by atoms with E-state index in [4.69, 9.17) is 14.2 Å². The summed E-state index contributed by atoms with van der Waals surface area (Å²) in [5.74, 6) is 1.50. The highest BCUT2D eigenvalue weighted by atomic mass is 16.5. The van der Waals surface area contributed by atoms with Crippen LogP contribution in [0.1, 0.15) is 38.7 Å². The van der Waals surface area contributed by atoms with E-state index >= 15 is 0 Å². The molecule has 1 aromatic carbocycles. The minimum atomic E-state index is -0.447. The molecule has 144 valence electrons. The minimum absolute atomic E-state index is 0.0739. The second-order valence-electron chi connectivity index (χ2n) is 6.97. The van der Waals surface area contributed by atoms with Crippen LogP contribution in [0, 0.1) is 11.8 Å². The third kappa shape index (κ3) is 5.38. The Morgan fingerprint density at radius 3 is 2.54 bits per heavy atom. The highest BCUT2D eigenvalue weighted by Gasteiger charge is 2.28. The Bertz CT molecular complexity index is 631. The van der Waals surface area contributed by atoms with Crippen LogP contribution in [-0.2, 0) is 20.7 Å². The largest absolute Gasteiger partial charge is 0.493 e. The molecule has 1 aliphatic rings. The van der Waals surface area contributed by atoms with Crippen LogP contribution in [0.5, 0.6) is 11.5 Å². The predicted molar refractivity (Wildman–Crippen MR) is 98.3 cm³/mol. The van der Waals surface area contributed by atoms with Gasteiger partial charge in [-0.2, -0.15) is 0 Å². The molecule has 0 spiro atoms. The van der Waals surface area contributed by atoms with Crippen molar-refractivity contribution in [1.82, 2.24) is 5.32 Å². The monoisotopic (exact) mass is 363 g/mol. The van der Waals surface area contributed by atoms with Gasteiger partial charge in [0.2, 0.25) is 0 Å².